The van der Waals surface area contributed by atoms with Crippen molar-refractivity contribution in [2.24, 2.45) is 0 Å². The molecule has 28 heavy (non-hydrogen) atoms. The lowest BCUT2D eigenvalue weighted by molar-refractivity contribution is -0.163. The van der Waals surface area contributed by atoms with Crippen LogP contribution in [0.4, 0.5) is 0 Å². The van der Waals surface area contributed by atoms with Gasteiger partial charge in [0.15, 0.2) is 11.5 Å². The number of esters is 1. The van der Waals surface area contributed by atoms with E-state index in [9.17, 15) is 38.5 Å². The molecular weight excluding hydrogens is 418 g/mol. The fourth-order valence-corrected chi connectivity index (χ4v) is 3.67. The highest BCUT2D eigenvalue weighted by Gasteiger charge is 2.52. The third-order valence-corrected chi connectivity index (χ3v) is 5.99. The maximum Gasteiger partial charge on any atom is 0.339 e. The zero-order valence-corrected chi connectivity index (χ0v) is 16.3. The van der Waals surface area contributed by atoms with E-state index in [1.54, 1.807) is 6.92 Å². The first kappa shape index (κ1) is 21.9. The van der Waals surface area contributed by atoms with Crippen molar-refractivity contribution in [1.82, 2.24) is 4.90 Å². The molecule has 10 nitrogen and oxygen atoms in total. The Morgan fingerprint density at radius 3 is 2.54 bits per heavy atom. The van der Waals surface area contributed by atoms with E-state index in [1.165, 1.54) is 0 Å². The molecule has 12 heteroatoms. The highest BCUT2D eigenvalue weighted by atomic mass is 35.5. The van der Waals surface area contributed by atoms with E-state index in [-0.39, 0.29) is 12.0 Å². The van der Waals surface area contributed by atoms with Gasteiger partial charge < -0.3 is 29.5 Å². The monoisotopic (exact) mass is 434 g/mol. The second kappa shape index (κ2) is 7.94. The topological polar surface area (TPSA) is 164 Å². The van der Waals surface area contributed by atoms with Gasteiger partial charge in [-0.3, -0.25) is 9.00 Å². The number of hydrogen-bond donors (Lipinski definition) is 3. The fraction of sp³-hybridized carbons (Fsp3) is 0.438. The van der Waals surface area contributed by atoms with Crippen molar-refractivity contribution >= 4 is 40.5 Å². The molecule has 1 fully saturated rings. The number of benzene rings is 1. The summed E-state index contributed by atoms with van der Waals surface area (Å²) < 4.78 is 26.5. The Balaban J connectivity index is 2.30. The van der Waals surface area contributed by atoms with Gasteiger partial charge in [-0.15, -0.1) is 0 Å². The smallest absolute Gasteiger partial charge is 0.339 e. The lowest BCUT2D eigenvalue weighted by Crippen LogP contribution is -2.68. The molecule has 0 aliphatic carbocycles. The Morgan fingerprint density at radius 2 is 2.07 bits per heavy atom. The maximum atomic E-state index is 12.2. The summed E-state index contributed by atoms with van der Waals surface area (Å²) in [5.41, 5.74) is -0.365. The quantitative estimate of drug-likeness (QED) is 0.241. The van der Waals surface area contributed by atoms with Crippen LogP contribution in [-0.2, 0) is 25.4 Å². The number of nitrogens with zero attached hydrogens (tertiary/aromatic N) is 1. The predicted octanol–water partition coefficient (Wildman–Crippen LogP) is 0.620. The molecule has 1 heterocycles. The van der Waals surface area contributed by atoms with Crippen molar-refractivity contribution in [2.45, 2.75) is 37.1 Å². The number of carboxylic acid groups (broad SMARTS) is 1. The number of carboxylic acids is 1. The van der Waals surface area contributed by atoms with Gasteiger partial charge in [0.2, 0.25) is 5.91 Å². The predicted molar refractivity (Wildman–Crippen MR) is 94.7 cm³/mol. The summed E-state index contributed by atoms with van der Waals surface area (Å²) in [6, 6.07) is -0.251. The lowest BCUT2D eigenvalue weighted by atomic mass is 9.92. The highest BCUT2D eigenvalue weighted by Crippen LogP contribution is 2.36. The van der Waals surface area contributed by atoms with Crippen LogP contribution >= 0.6 is 11.6 Å². The fourth-order valence-electron chi connectivity index (χ4n) is 2.88. The van der Waals surface area contributed by atoms with E-state index in [0.29, 0.717) is 0 Å². The van der Waals surface area contributed by atoms with Crippen LogP contribution in [-0.4, -0.2) is 70.3 Å². The molecule has 0 spiro atoms. The Kier molecular flexibility index (Phi) is 6.21. The average molecular weight is 435 g/mol. The van der Waals surface area contributed by atoms with Crippen molar-refractivity contribution in [2.75, 3.05) is 6.61 Å². The highest BCUT2D eigenvalue weighted by molar-refractivity contribution is 7.80. The van der Waals surface area contributed by atoms with Gasteiger partial charge in [0.25, 0.3) is 0 Å². The summed E-state index contributed by atoms with van der Waals surface area (Å²) in [5.74, 6) is -4.60. The first-order valence-electron chi connectivity index (χ1n) is 7.92. The molecule has 0 radical (unpaired) electrons. The van der Waals surface area contributed by atoms with Crippen LogP contribution in [0.15, 0.2) is 12.1 Å². The van der Waals surface area contributed by atoms with Crippen LogP contribution in [0.2, 0.25) is 5.02 Å². The number of ether oxygens (including phenoxy) is 1. The molecule has 1 saturated heterocycles. The summed E-state index contributed by atoms with van der Waals surface area (Å²) in [4.78, 5) is 36.7. The summed E-state index contributed by atoms with van der Waals surface area (Å²) in [5, 5.41) is 27.9. The SMILES string of the molecule is C[C@@H]1CC(=O)N1[C@@H](C(=O)O)[C@](C)(COC(=O)c1ccc(O)c(O)c1Cl)S(=O)[O-]. The van der Waals surface area contributed by atoms with Gasteiger partial charge in [-0.25, -0.2) is 9.59 Å². The molecule has 4 atom stereocenters. The molecule has 2 rings (SSSR count). The Hall–Kier alpha value is -2.37. The molecule has 1 aliphatic rings. The number of aliphatic carboxylic acids is 1. The minimum Gasteiger partial charge on any atom is -0.772 e. The third kappa shape index (κ3) is 3.77. The number of hydrogen-bond acceptors (Lipinski definition) is 8. The third-order valence-electron chi connectivity index (χ3n) is 4.51. The molecule has 154 valence electrons. The van der Waals surface area contributed by atoms with Crippen molar-refractivity contribution in [3.05, 3.63) is 22.7 Å². The number of phenolic OH excluding ortho intramolecular Hbond substituents is 2. The van der Waals surface area contributed by atoms with Gasteiger partial charge in [-0.05, 0) is 37.1 Å². The molecule has 1 aromatic rings. The number of β-lactam (4-membered cyclic amide) rings is 1. The summed E-state index contributed by atoms with van der Waals surface area (Å²) in [7, 11) is 0. The van der Waals surface area contributed by atoms with Crippen molar-refractivity contribution in [3.63, 3.8) is 0 Å². The van der Waals surface area contributed by atoms with Crippen LogP contribution in [0, 0.1) is 0 Å². The van der Waals surface area contributed by atoms with Gasteiger partial charge in [0.05, 0.1) is 10.3 Å². The first-order chi connectivity index (χ1) is 12.9. The number of amides is 1. The second-order valence-corrected chi connectivity index (χ2v) is 8.29. The van der Waals surface area contributed by atoms with Crippen LogP contribution in [0.1, 0.15) is 30.6 Å². The Bertz CT molecular complexity index is 861. The minimum absolute atomic E-state index is 0.0769. The van der Waals surface area contributed by atoms with E-state index >= 15 is 0 Å². The average Bonchev–Trinajstić information content (AvgIpc) is 2.61. The van der Waals surface area contributed by atoms with Gasteiger partial charge in [-0.2, -0.15) is 0 Å². The summed E-state index contributed by atoms with van der Waals surface area (Å²) in [6.07, 6.45) is 0.0769. The largest absolute Gasteiger partial charge is 0.772 e. The number of aromatic hydroxyl groups is 2. The van der Waals surface area contributed by atoms with Crippen LogP contribution < -0.4 is 0 Å². The molecule has 1 aliphatic heterocycles. The number of carbonyl (C=O) groups is 3. The van der Waals surface area contributed by atoms with Crippen LogP contribution in [0.3, 0.4) is 0 Å². The zero-order chi connectivity index (χ0) is 21.4. The van der Waals surface area contributed by atoms with Crippen molar-refractivity contribution in [3.8, 4) is 11.5 Å². The van der Waals surface area contributed by atoms with Crippen molar-refractivity contribution < 1.29 is 43.2 Å². The van der Waals surface area contributed by atoms with Gasteiger partial charge in [0.1, 0.15) is 17.7 Å². The van der Waals surface area contributed by atoms with E-state index in [4.69, 9.17) is 16.3 Å². The number of rotatable bonds is 7. The van der Waals surface area contributed by atoms with Crippen molar-refractivity contribution in [1.29, 1.82) is 0 Å². The van der Waals surface area contributed by atoms with Crippen LogP contribution in [0.25, 0.3) is 0 Å². The molecular formula is C16H17ClNO9S-. The minimum atomic E-state index is -3.05. The number of halogens is 1. The second-order valence-electron chi connectivity index (χ2n) is 6.51. The van der Waals surface area contributed by atoms with E-state index in [1.807, 2.05) is 0 Å². The molecule has 1 aromatic carbocycles. The van der Waals surface area contributed by atoms with Crippen LogP contribution in [0.5, 0.6) is 11.5 Å². The molecule has 0 aromatic heterocycles. The standard InChI is InChI=1S/C16H18ClNO9S/c1-7-5-10(20)18(7)13(14(22)23)16(2,28(25)26)6-27-15(24)8-3-4-9(19)12(21)11(8)17/h3-4,7,13,19,21H,5-6H2,1-2H3,(H,22,23)(H,25,26)/p-1/t7-,13+,16+/m1/s1. The number of carbonyl (C=O) groups excluding carboxylic acids is 2. The summed E-state index contributed by atoms with van der Waals surface area (Å²) >= 11 is 2.71. The van der Waals surface area contributed by atoms with E-state index < -0.39 is 68.9 Å². The Morgan fingerprint density at radius 1 is 1.46 bits per heavy atom. The molecule has 1 unspecified atom stereocenters. The molecule has 0 saturated carbocycles. The van der Waals surface area contributed by atoms with Gasteiger partial charge in [-0.1, -0.05) is 11.6 Å². The first-order valence-corrected chi connectivity index (χ1v) is 9.38. The zero-order valence-electron chi connectivity index (χ0n) is 14.7. The number of phenols is 2. The molecule has 0 bridgehead atoms. The summed E-state index contributed by atoms with van der Waals surface area (Å²) in [6.45, 7) is 1.71. The lowest BCUT2D eigenvalue weighted by Gasteiger charge is -2.49. The van der Waals surface area contributed by atoms with E-state index in [2.05, 4.69) is 0 Å². The molecule has 3 N–H and O–H groups in total. The normalized spacial score (nSPS) is 20.6. The number of likely N-dealkylation sites (tertiary alicyclic amines) is 1. The van der Waals surface area contributed by atoms with E-state index in [0.717, 1.165) is 24.0 Å². The van der Waals surface area contributed by atoms with Gasteiger partial charge >= 0.3 is 11.9 Å². The Labute approximate surface area is 166 Å². The van der Waals surface area contributed by atoms with Gasteiger partial charge in [0, 0.05) is 12.5 Å². The maximum absolute atomic E-state index is 12.2. The molecule has 1 amide bonds.